The molecule has 0 radical (unpaired) electrons. The Labute approximate surface area is 94.7 Å². The molecule has 0 N–H and O–H groups in total. The minimum absolute atomic E-state index is 0.0106. The monoisotopic (exact) mass is 230 g/mol. The van der Waals surface area contributed by atoms with Gasteiger partial charge in [-0.15, -0.1) is 0 Å². The topological polar surface area (TPSA) is 86.3 Å². The molecule has 6 nitrogen and oxygen atoms in total. The zero-order valence-corrected chi connectivity index (χ0v) is 10.5. The summed E-state index contributed by atoms with van der Waals surface area (Å²) in [7, 11) is 0. The van der Waals surface area contributed by atoms with Gasteiger partial charge in [-0.3, -0.25) is 9.59 Å². The Bertz CT molecular complexity index is 322. The number of carbonyl (C=O) groups is 2. The largest absolute Gasteiger partial charge is 0.566 e. The minimum atomic E-state index is -1.48. The summed E-state index contributed by atoms with van der Waals surface area (Å²) in [5, 5.41) is 23.4. The second-order valence-corrected chi connectivity index (χ2v) is 4.78. The first-order chi connectivity index (χ1) is 6.95. The number of azo groups is 1. The average Bonchev–Trinajstić information content (AvgIpc) is 2.14. The first kappa shape index (κ1) is 14.5. The van der Waals surface area contributed by atoms with Gasteiger partial charge in [0, 0.05) is 51.3 Å². The van der Waals surface area contributed by atoms with Gasteiger partial charge in [0.05, 0.1) is 0 Å². The highest BCUT2D eigenvalue weighted by molar-refractivity contribution is 5.84. The van der Waals surface area contributed by atoms with Gasteiger partial charge in [0.1, 0.15) is 0 Å². The maximum Gasteiger partial charge on any atom is 0.289 e. The van der Waals surface area contributed by atoms with Crippen molar-refractivity contribution in [3.8, 4) is 0 Å². The molecular weight excluding hydrogens is 212 g/mol. The summed E-state index contributed by atoms with van der Waals surface area (Å²) in [6.45, 7) is 7.79. The number of hydrogen-bond acceptors (Lipinski definition) is 4. The number of nitrogens with zero attached hydrogens (tertiary/aromatic N) is 2. The molecule has 0 unspecified atom stereocenters. The quantitative estimate of drug-likeness (QED) is 0.412. The van der Waals surface area contributed by atoms with Crippen molar-refractivity contribution in [2.45, 2.75) is 52.6 Å². The van der Waals surface area contributed by atoms with Crippen molar-refractivity contribution in [2.75, 3.05) is 0 Å². The van der Waals surface area contributed by atoms with Gasteiger partial charge in [-0.2, -0.15) is 0 Å². The number of rotatable bonds is 4. The lowest BCUT2D eigenvalue weighted by Crippen LogP contribution is -2.51. The first-order valence-electron chi connectivity index (χ1n) is 4.92. The molecule has 0 spiro atoms. The number of carbonyl (C=O) groups excluding carboxylic acids is 2. The summed E-state index contributed by atoms with van der Waals surface area (Å²) in [5.41, 5.74) is -2.96. The molecule has 0 bridgehead atoms. The molecule has 92 valence electrons. The van der Waals surface area contributed by atoms with Crippen LogP contribution in [-0.4, -0.2) is 32.4 Å². The highest BCUT2D eigenvalue weighted by Crippen LogP contribution is 2.16. The standard InChI is InChI=1S/C10H18N2O4/c1-7(13)9(3,4)11(15)12(16)10(5,6)8(2)14/h1-6H3/b12-11+. The molecule has 0 heterocycles. The van der Waals surface area contributed by atoms with Gasteiger partial charge < -0.3 is 10.4 Å². The van der Waals surface area contributed by atoms with Crippen molar-refractivity contribution < 1.29 is 19.3 Å². The molecule has 0 aliphatic rings. The number of ketones is 2. The van der Waals surface area contributed by atoms with E-state index in [1.807, 2.05) is 0 Å². The van der Waals surface area contributed by atoms with Crippen LogP contribution in [0.1, 0.15) is 41.5 Å². The molecule has 0 saturated carbocycles. The van der Waals surface area contributed by atoms with Gasteiger partial charge in [-0.05, 0) is 0 Å². The van der Waals surface area contributed by atoms with Crippen LogP contribution in [0, 0.1) is 10.4 Å². The molecule has 0 saturated heterocycles. The van der Waals surface area contributed by atoms with Crippen molar-refractivity contribution >= 4 is 11.6 Å². The minimum Gasteiger partial charge on any atom is -0.566 e. The van der Waals surface area contributed by atoms with E-state index in [9.17, 15) is 20.0 Å². The van der Waals surface area contributed by atoms with Crippen LogP contribution < -0.4 is 0 Å². The lowest BCUT2D eigenvalue weighted by molar-refractivity contribution is -1.01. The van der Waals surface area contributed by atoms with Crippen LogP contribution in [0.2, 0.25) is 0 Å². The fraction of sp³-hybridized carbons (Fsp3) is 0.800. The molecule has 0 amide bonds. The van der Waals surface area contributed by atoms with E-state index in [1.54, 1.807) is 0 Å². The maximum atomic E-state index is 11.7. The van der Waals surface area contributed by atoms with Gasteiger partial charge in [0.2, 0.25) is 11.6 Å². The molecule has 16 heavy (non-hydrogen) atoms. The van der Waals surface area contributed by atoms with Gasteiger partial charge >= 0.3 is 0 Å². The highest BCUT2D eigenvalue weighted by Gasteiger charge is 2.46. The van der Waals surface area contributed by atoms with E-state index >= 15 is 0 Å². The normalized spacial score (nSPS) is 14.4. The fourth-order valence-corrected chi connectivity index (χ4v) is 0.724. The van der Waals surface area contributed by atoms with Crippen LogP contribution in [0.25, 0.3) is 0 Å². The molecule has 0 aromatic heterocycles. The number of hydrogen-bond donors (Lipinski definition) is 0. The smallest absolute Gasteiger partial charge is 0.289 e. The molecule has 0 aromatic carbocycles. The van der Waals surface area contributed by atoms with Gasteiger partial charge in [0.15, 0.2) is 0 Å². The van der Waals surface area contributed by atoms with E-state index in [1.165, 1.54) is 41.5 Å². The summed E-state index contributed by atoms with van der Waals surface area (Å²) >= 11 is 0. The predicted octanol–water partition coefficient (Wildman–Crippen LogP) is 1.19. The van der Waals surface area contributed by atoms with Crippen molar-refractivity contribution in [1.29, 1.82) is 0 Å². The summed E-state index contributed by atoms with van der Waals surface area (Å²) in [6, 6.07) is 0. The third kappa shape index (κ3) is 2.37. The van der Waals surface area contributed by atoms with Gasteiger partial charge in [0.25, 0.3) is 11.1 Å². The summed E-state index contributed by atoms with van der Waals surface area (Å²) in [5.74, 6) is -0.884. The third-order valence-corrected chi connectivity index (χ3v) is 2.84. The van der Waals surface area contributed by atoms with Crippen LogP contribution in [0.3, 0.4) is 0 Å². The van der Waals surface area contributed by atoms with E-state index in [0.29, 0.717) is 0 Å². The summed E-state index contributed by atoms with van der Waals surface area (Å²) in [6.07, 6.45) is 0. The predicted molar refractivity (Wildman–Crippen MR) is 56.8 cm³/mol. The van der Waals surface area contributed by atoms with Crippen LogP contribution in [0.4, 0.5) is 0 Å². The third-order valence-electron chi connectivity index (χ3n) is 2.84. The average molecular weight is 230 g/mol. The van der Waals surface area contributed by atoms with E-state index in [0.717, 1.165) is 0 Å². The Hall–Kier alpha value is -1.46. The van der Waals surface area contributed by atoms with Crippen molar-refractivity contribution in [3.63, 3.8) is 0 Å². The Balaban J connectivity index is 5.61. The molecule has 0 aliphatic heterocycles. The molecule has 0 aliphatic carbocycles. The number of hydroxylamine groups is 2. The van der Waals surface area contributed by atoms with E-state index < -0.39 is 22.6 Å². The lowest BCUT2D eigenvalue weighted by Gasteiger charge is -2.22. The molecule has 0 aromatic rings. The van der Waals surface area contributed by atoms with Crippen molar-refractivity contribution in [2.24, 2.45) is 0 Å². The molecular formula is C10H18N2O4. The summed E-state index contributed by atoms with van der Waals surface area (Å²) < 4.78 is 0. The SMILES string of the molecule is CC(=O)C(C)(C)/[N+]([O-])=[N+](\[O-])C(C)(C)C(C)=O. The Morgan fingerprint density at radius 3 is 1.12 bits per heavy atom. The Morgan fingerprint density at radius 2 is 1.00 bits per heavy atom. The molecule has 0 atom stereocenters. The Morgan fingerprint density at radius 1 is 0.812 bits per heavy atom. The second kappa shape index (κ2) is 4.19. The zero-order chi connectivity index (χ0) is 13.3. The van der Waals surface area contributed by atoms with E-state index in [4.69, 9.17) is 0 Å². The van der Waals surface area contributed by atoms with Crippen LogP contribution in [-0.2, 0) is 9.59 Å². The lowest BCUT2D eigenvalue weighted by atomic mass is 10.0. The van der Waals surface area contributed by atoms with Crippen molar-refractivity contribution in [3.05, 3.63) is 10.4 Å². The van der Waals surface area contributed by atoms with E-state index in [-0.39, 0.29) is 9.72 Å². The number of Topliss-reactive ketones (excluding diaryl/α,β-unsaturated/α-hetero) is 2. The maximum absolute atomic E-state index is 11.7. The van der Waals surface area contributed by atoms with Crippen LogP contribution >= 0.6 is 0 Å². The van der Waals surface area contributed by atoms with Crippen LogP contribution in [0.15, 0.2) is 0 Å². The summed E-state index contributed by atoms with van der Waals surface area (Å²) in [4.78, 5) is 22.5. The molecule has 6 heteroatoms. The Kier molecular flexibility index (Phi) is 3.81. The zero-order valence-electron chi connectivity index (χ0n) is 10.5. The molecule has 0 rings (SSSR count). The first-order valence-corrected chi connectivity index (χ1v) is 4.92. The van der Waals surface area contributed by atoms with Crippen molar-refractivity contribution in [1.82, 2.24) is 0 Å². The second-order valence-electron chi connectivity index (χ2n) is 4.78. The fourth-order valence-electron chi connectivity index (χ4n) is 0.724. The van der Waals surface area contributed by atoms with E-state index in [2.05, 4.69) is 0 Å². The molecule has 0 fully saturated rings. The van der Waals surface area contributed by atoms with Crippen LogP contribution in [0.5, 0.6) is 0 Å². The van der Waals surface area contributed by atoms with Gasteiger partial charge in [-0.1, -0.05) is 0 Å². The highest BCUT2D eigenvalue weighted by atomic mass is 16.6. The van der Waals surface area contributed by atoms with Gasteiger partial charge in [-0.25, -0.2) is 0 Å².